The molecular formula is C19H13NO6. The van der Waals surface area contributed by atoms with Crippen LogP contribution < -0.4 is 9.47 Å². The number of phenols is 2. The predicted octanol–water partition coefficient (Wildman–Crippen LogP) is 2.93. The van der Waals surface area contributed by atoms with Crippen LogP contribution in [0.2, 0.25) is 0 Å². The lowest BCUT2D eigenvalue weighted by Crippen LogP contribution is -2.15. The summed E-state index contributed by atoms with van der Waals surface area (Å²) >= 11 is 0. The van der Waals surface area contributed by atoms with E-state index in [9.17, 15) is 19.8 Å². The number of hydrogen-bond donors (Lipinski definition) is 2. The van der Waals surface area contributed by atoms with Crippen molar-refractivity contribution in [3.63, 3.8) is 0 Å². The molecule has 26 heavy (non-hydrogen) atoms. The van der Waals surface area contributed by atoms with Crippen LogP contribution in [0.5, 0.6) is 23.0 Å². The van der Waals surface area contributed by atoms with Crippen LogP contribution in [0.25, 0.3) is 0 Å². The van der Waals surface area contributed by atoms with E-state index in [1.165, 1.54) is 66.7 Å². The summed E-state index contributed by atoms with van der Waals surface area (Å²) in [6, 6.07) is 15.5. The van der Waals surface area contributed by atoms with Crippen LogP contribution in [-0.2, 0) is 0 Å². The van der Waals surface area contributed by atoms with Crippen molar-refractivity contribution >= 4 is 11.9 Å². The Morgan fingerprint density at radius 1 is 0.654 bits per heavy atom. The number of benzene rings is 2. The lowest BCUT2D eigenvalue weighted by molar-refractivity contribution is 0.0722. The number of aromatic nitrogens is 1. The molecule has 0 spiro atoms. The molecule has 0 saturated heterocycles. The number of ether oxygens (including phenoxy) is 2. The van der Waals surface area contributed by atoms with Gasteiger partial charge in [-0.2, -0.15) is 0 Å². The summed E-state index contributed by atoms with van der Waals surface area (Å²) in [6.45, 7) is 0. The van der Waals surface area contributed by atoms with E-state index in [4.69, 9.17) is 9.47 Å². The fourth-order valence-electron chi connectivity index (χ4n) is 2.01. The monoisotopic (exact) mass is 351 g/mol. The fourth-order valence-corrected chi connectivity index (χ4v) is 2.01. The first-order valence-corrected chi connectivity index (χ1v) is 7.51. The predicted molar refractivity (Wildman–Crippen MR) is 90.4 cm³/mol. The van der Waals surface area contributed by atoms with Crippen LogP contribution >= 0.6 is 0 Å². The summed E-state index contributed by atoms with van der Waals surface area (Å²) < 4.78 is 10.3. The molecule has 0 radical (unpaired) electrons. The van der Waals surface area contributed by atoms with Gasteiger partial charge in [-0.25, -0.2) is 14.6 Å². The molecule has 1 heterocycles. The van der Waals surface area contributed by atoms with E-state index >= 15 is 0 Å². The summed E-state index contributed by atoms with van der Waals surface area (Å²) in [5.41, 5.74) is -0.142. The van der Waals surface area contributed by atoms with E-state index in [1.807, 2.05) is 0 Å². The van der Waals surface area contributed by atoms with Gasteiger partial charge in [-0.3, -0.25) is 0 Å². The Bertz CT molecular complexity index is 860. The molecule has 2 N–H and O–H groups in total. The van der Waals surface area contributed by atoms with Gasteiger partial charge in [0.15, 0.2) is 0 Å². The molecule has 0 unspecified atom stereocenters. The van der Waals surface area contributed by atoms with E-state index in [0.717, 1.165) is 0 Å². The van der Waals surface area contributed by atoms with Gasteiger partial charge in [0.1, 0.15) is 34.4 Å². The van der Waals surface area contributed by atoms with Crippen molar-refractivity contribution in [3.05, 3.63) is 78.1 Å². The number of rotatable bonds is 4. The second kappa shape index (κ2) is 7.35. The van der Waals surface area contributed by atoms with Crippen molar-refractivity contribution in [3.8, 4) is 23.0 Å². The van der Waals surface area contributed by atoms with Gasteiger partial charge in [0, 0.05) is 0 Å². The van der Waals surface area contributed by atoms with Crippen molar-refractivity contribution in [2.45, 2.75) is 0 Å². The number of aromatic hydroxyl groups is 2. The molecule has 0 aliphatic heterocycles. The molecule has 7 heteroatoms. The van der Waals surface area contributed by atoms with Crippen LogP contribution in [0.4, 0.5) is 0 Å². The minimum Gasteiger partial charge on any atom is -0.508 e. The molecule has 0 atom stereocenters. The first-order valence-electron chi connectivity index (χ1n) is 7.51. The maximum absolute atomic E-state index is 12.1. The molecule has 2 aromatic carbocycles. The first kappa shape index (κ1) is 17.0. The number of hydrogen-bond acceptors (Lipinski definition) is 7. The summed E-state index contributed by atoms with van der Waals surface area (Å²) in [6.07, 6.45) is 0. The van der Waals surface area contributed by atoms with Gasteiger partial charge in [0.2, 0.25) is 0 Å². The smallest absolute Gasteiger partial charge is 0.362 e. The molecule has 3 aromatic rings. The molecule has 0 aliphatic rings. The Kier molecular flexibility index (Phi) is 4.80. The van der Waals surface area contributed by atoms with Gasteiger partial charge in [0.25, 0.3) is 0 Å². The summed E-state index contributed by atoms with van der Waals surface area (Å²) in [4.78, 5) is 28.2. The number of esters is 2. The number of phenolic OH excluding ortho intramolecular Hbond substituents is 2. The Labute approximate surface area is 148 Å². The van der Waals surface area contributed by atoms with Gasteiger partial charge in [-0.15, -0.1) is 0 Å². The highest BCUT2D eigenvalue weighted by Gasteiger charge is 2.16. The quantitative estimate of drug-likeness (QED) is 0.550. The zero-order valence-electron chi connectivity index (χ0n) is 13.3. The van der Waals surface area contributed by atoms with Crippen LogP contribution in [0.15, 0.2) is 66.7 Å². The van der Waals surface area contributed by atoms with Crippen molar-refractivity contribution in [1.82, 2.24) is 4.98 Å². The Morgan fingerprint density at radius 3 is 1.42 bits per heavy atom. The number of carbonyl (C=O) groups is 2. The molecule has 130 valence electrons. The summed E-state index contributed by atoms with van der Waals surface area (Å²) in [7, 11) is 0. The van der Waals surface area contributed by atoms with Crippen LogP contribution in [0.3, 0.4) is 0 Å². The number of carbonyl (C=O) groups excluding carboxylic acids is 2. The summed E-state index contributed by atoms with van der Waals surface area (Å²) in [5.74, 6) is -0.966. The van der Waals surface area contributed by atoms with Gasteiger partial charge in [-0.1, -0.05) is 6.07 Å². The van der Waals surface area contributed by atoms with Gasteiger partial charge < -0.3 is 19.7 Å². The Hall–Kier alpha value is -3.87. The van der Waals surface area contributed by atoms with E-state index in [1.54, 1.807) is 0 Å². The zero-order chi connectivity index (χ0) is 18.5. The molecule has 0 saturated carbocycles. The average molecular weight is 351 g/mol. The first-order chi connectivity index (χ1) is 12.5. The Morgan fingerprint density at radius 2 is 1.04 bits per heavy atom. The van der Waals surface area contributed by atoms with Crippen LogP contribution in [0, 0.1) is 0 Å². The Balaban J connectivity index is 1.72. The molecule has 0 aliphatic carbocycles. The topological polar surface area (TPSA) is 106 Å². The minimum atomic E-state index is -0.755. The van der Waals surface area contributed by atoms with Crippen LogP contribution in [0.1, 0.15) is 21.0 Å². The van der Waals surface area contributed by atoms with Gasteiger partial charge in [0.05, 0.1) is 0 Å². The molecule has 0 amide bonds. The van der Waals surface area contributed by atoms with Crippen LogP contribution in [-0.4, -0.2) is 27.1 Å². The normalized spacial score (nSPS) is 10.2. The highest BCUT2D eigenvalue weighted by atomic mass is 16.5. The third kappa shape index (κ3) is 4.15. The van der Waals surface area contributed by atoms with E-state index in [0.29, 0.717) is 0 Å². The largest absolute Gasteiger partial charge is 0.508 e. The van der Waals surface area contributed by atoms with E-state index in [2.05, 4.69) is 4.98 Å². The molecule has 1 aromatic heterocycles. The number of nitrogens with zero attached hydrogens (tertiary/aromatic N) is 1. The molecule has 0 fully saturated rings. The lowest BCUT2D eigenvalue weighted by atomic mass is 10.3. The molecule has 0 bridgehead atoms. The van der Waals surface area contributed by atoms with E-state index < -0.39 is 11.9 Å². The molecule has 7 nitrogen and oxygen atoms in total. The standard InChI is InChI=1S/C19H13NO6/c21-12-4-8-14(9-5-12)25-18(23)16-2-1-3-17(20-16)19(24)26-15-10-6-13(22)7-11-15/h1-11,21-22H. The minimum absolute atomic E-state index is 0.0434. The second-order valence-corrected chi connectivity index (χ2v) is 5.17. The maximum atomic E-state index is 12.1. The second-order valence-electron chi connectivity index (χ2n) is 5.17. The highest BCUT2D eigenvalue weighted by Crippen LogP contribution is 2.18. The van der Waals surface area contributed by atoms with Gasteiger partial charge >= 0.3 is 11.9 Å². The maximum Gasteiger partial charge on any atom is 0.362 e. The van der Waals surface area contributed by atoms with Gasteiger partial charge in [-0.05, 0) is 60.7 Å². The third-order valence-electron chi connectivity index (χ3n) is 3.26. The molecule has 3 rings (SSSR count). The molecular weight excluding hydrogens is 338 g/mol. The third-order valence-corrected chi connectivity index (χ3v) is 3.26. The average Bonchev–Trinajstić information content (AvgIpc) is 2.65. The number of pyridine rings is 1. The lowest BCUT2D eigenvalue weighted by Gasteiger charge is -2.06. The van der Waals surface area contributed by atoms with Crippen molar-refractivity contribution in [2.75, 3.05) is 0 Å². The zero-order valence-corrected chi connectivity index (χ0v) is 13.3. The fraction of sp³-hybridized carbons (Fsp3) is 0. The van der Waals surface area contributed by atoms with E-state index in [-0.39, 0.29) is 34.4 Å². The summed E-state index contributed by atoms with van der Waals surface area (Å²) in [5, 5.41) is 18.4. The van der Waals surface area contributed by atoms with Crippen molar-refractivity contribution in [1.29, 1.82) is 0 Å². The SMILES string of the molecule is O=C(Oc1ccc(O)cc1)c1cccc(C(=O)Oc2ccc(O)cc2)n1. The van der Waals surface area contributed by atoms with Crippen molar-refractivity contribution in [2.24, 2.45) is 0 Å². The van der Waals surface area contributed by atoms with Crippen molar-refractivity contribution < 1.29 is 29.3 Å². The highest BCUT2D eigenvalue weighted by molar-refractivity contribution is 5.93.